The second-order valence-corrected chi connectivity index (χ2v) is 7.56. The fourth-order valence-corrected chi connectivity index (χ4v) is 3.97. The first-order valence-electron chi connectivity index (χ1n) is 10.1. The van der Waals surface area contributed by atoms with Gasteiger partial charge in [0.1, 0.15) is 12.4 Å². The van der Waals surface area contributed by atoms with Gasteiger partial charge in [-0.3, -0.25) is 9.59 Å². The van der Waals surface area contributed by atoms with E-state index < -0.39 is 0 Å². The molecule has 3 aromatic rings. The van der Waals surface area contributed by atoms with E-state index in [1.165, 1.54) is 0 Å². The predicted octanol–water partition coefficient (Wildman–Crippen LogP) is 4.71. The second-order valence-electron chi connectivity index (χ2n) is 7.56. The molecule has 30 heavy (non-hydrogen) atoms. The van der Waals surface area contributed by atoms with Gasteiger partial charge in [-0.05, 0) is 60.4 Å². The van der Waals surface area contributed by atoms with Crippen LogP contribution in [0.5, 0.6) is 5.75 Å². The number of carbonyl (C=O) groups is 2. The summed E-state index contributed by atoms with van der Waals surface area (Å²) in [5.74, 6) is 0.446. The molecule has 1 atom stereocenters. The van der Waals surface area contributed by atoms with Gasteiger partial charge >= 0.3 is 0 Å². The Labute approximate surface area is 174 Å². The van der Waals surface area contributed by atoms with Crippen molar-refractivity contribution >= 4 is 17.4 Å². The van der Waals surface area contributed by atoms with Gasteiger partial charge in [0, 0.05) is 29.0 Å². The van der Waals surface area contributed by atoms with Crippen molar-refractivity contribution in [1.82, 2.24) is 0 Å². The SMILES string of the molecule is O=C(Nc1ccc(OCC2CCCO2)cc1)c1ccc2c(c1)C(=O)c1ccccc1-2. The van der Waals surface area contributed by atoms with E-state index >= 15 is 0 Å². The maximum Gasteiger partial charge on any atom is 0.255 e. The number of ketones is 1. The van der Waals surface area contributed by atoms with Crippen LogP contribution in [0.15, 0.2) is 66.7 Å². The van der Waals surface area contributed by atoms with Crippen LogP contribution >= 0.6 is 0 Å². The number of fused-ring (bicyclic) bond motifs is 3. The summed E-state index contributed by atoms with van der Waals surface area (Å²) in [7, 11) is 0. The number of hydrogen-bond donors (Lipinski definition) is 1. The van der Waals surface area contributed by atoms with Crippen LogP contribution in [-0.2, 0) is 4.74 Å². The zero-order valence-electron chi connectivity index (χ0n) is 16.4. The monoisotopic (exact) mass is 399 g/mol. The summed E-state index contributed by atoms with van der Waals surface area (Å²) >= 11 is 0. The molecule has 1 aliphatic carbocycles. The lowest BCUT2D eigenvalue weighted by Gasteiger charge is -2.12. The average molecular weight is 399 g/mol. The highest BCUT2D eigenvalue weighted by Gasteiger charge is 2.27. The molecule has 0 bridgehead atoms. The summed E-state index contributed by atoms with van der Waals surface area (Å²) < 4.78 is 11.3. The summed E-state index contributed by atoms with van der Waals surface area (Å²) in [5, 5.41) is 2.88. The molecule has 0 saturated carbocycles. The van der Waals surface area contributed by atoms with Crippen LogP contribution < -0.4 is 10.1 Å². The minimum absolute atomic E-state index is 0.0389. The number of amides is 1. The van der Waals surface area contributed by atoms with Crippen LogP contribution in [0.2, 0.25) is 0 Å². The summed E-state index contributed by atoms with van der Waals surface area (Å²) in [4.78, 5) is 25.4. The lowest BCUT2D eigenvalue weighted by atomic mass is 10.0. The van der Waals surface area contributed by atoms with Crippen LogP contribution in [0.4, 0.5) is 5.69 Å². The Morgan fingerprint density at radius 2 is 1.73 bits per heavy atom. The van der Waals surface area contributed by atoms with Crippen molar-refractivity contribution < 1.29 is 19.1 Å². The van der Waals surface area contributed by atoms with Crippen LogP contribution in [-0.4, -0.2) is 31.0 Å². The van der Waals surface area contributed by atoms with Gasteiger partial charge < -0.3 is 14.8 Å². The fraction of sp³-hybridized carbons (Fsp3) is 0.200. The van der Waals surface area contributed by atoms with E-state index in [1.807, 2.05) is 42.5 Å². The number of carbonyl (C=O) groups excluding carboxylic acids is 2. The van der Waals surface area contributed by atoms with Gasteiger partial charge in [-0.25, -0.2) is 0 Å². The number of nitrogens with one attached hydrogen (secondary N) is 1. The number of benzene rings is 3. The smallest absolute Gasteiger partial charge is 0.255 e. The molecule has 1 heterocycles. The molecule has 0 spiro atoms. The largest absolute Gasteiger partial charge is 0.491 e. The molecule has 5 nitrogen and oxygen atoms in total. The van der Waals surface area contributed by atoms with E-state index in [-0.39, 0.29) is 17.8 Å². The molecule has 3 aromatic carbocycles. The standard InChI is InChI=1S/C25H21NO4/c27-24-22-6-2-1-5-20(22)21-12-7-16(14-23(21)24)25(28)26-17-8-10-18(11-9-17)30-15-19-4-3-13-29-19/h1-2,5-12,14,19H,3-4,13,15H2,(H,26,28). The fourth-order valence-electron chi connectivity index (χ4n) is 3.97. The third kappa shape index (κ3) is 3.48. The Bertz CT molecular complexity index is 1110. The lowest BCUT2D eigenvalue weighted by Crippen LogP contribution is -2.16. The Morgan fingerprint density at radius 1 is 0.967 bits per heavy atom. The van der Waals surface area contributed by atoms with Crippen molar-refractivity contribution in [3.05, 3.63) is 83.4 Å². The van der Waals surface area contributed by atoms with Gasteiger partial charge in [-0.2, -0.15) is 0 Å². The first-order chi connectivity index (χ1) is 14.7. The lowest BCUT2D eigenvalue weighted by molar-refractivity contribution is 0.0679. The maximum absolute atomic E-state index is 12.7. The minimum Gasteiger partial charge on any atom is -0.491 e. The maximum atomic E-state index is 12.7. The van der Waals surface area contributed by atoms with E-state index in [0.717, 1.165) is 36.3 Å². The molecule has 0 aromatic heterocycles. The predicted molar refractivity (Wildman–Crippen MR) is 114 cm³/mol. The quantitative estimate of drug-likeness (QED) is 0.528. The van der Waals surface area contributed by atoms with Gasteiger partial charge in [0.05, 0.1) is 6.10 Å². The van der Waals surface area contributed by atoms with Crippen molar-refractivity contribution in [2.24, 2.45) is 0 Å². The minimum atomic E-state index is -0.255. The van der Waals surface area contributed by atoms with Crippen LogP contribution in [0, 0.1) is 0 Å². The number of rotatable bonds is 5. The molecule has 0 radical (unpaired) electrons. The molecule has 1 N–H and O–H groups in total. The number of ether oxygens (including phenoxy) is 2. The first kappa shape index (κ1) is 18.6. The van der Waals surface area contributed by atoms with Crippen molar-refractivity contribution in [2.45, 2.75) is 18.9 Å². The van der Waals surface area contributed by atoms with Gasteiger partial charge in [0.15, 0.2) is 5.78 Å². The van der Waals surface area contributed by atoms with E-state index in [0.29, 0.717) is 29.0 Å². The molecule has 5 heteroatoms. The molecule has 1 fully saturated rings. The molecule has 1 saturated heterocycles. The number of hydrogen-bond acceptors (Lipinski definition) is 4. The van der Waals surface area contributed by atoms with Crippen molar-refractivity contribution in [1.29, 1.82) is 0 Å². The summed E-state index contributed by atoms with van der Waals surface area (Å²) in [6, 6.07) is 20.0. The highest BCUT2D eigenvalue weighted by Crippen LogP contribution is 2.36. The molecule has 1 unspecified atom stereocenters. The molecule has 2 aliphatic rings. The molecular formula is C25H21NO4. The van der Waals surface area contributed by atoms with Crippen molar-refractivity contribution in [2.75, 3.05) is 18.5 Å². The average Bonchev–Trinajstić information content (AvgIpc) is 3.40. The molecule has 1 aliphatic heterocycles. The van der Waals surface area contributed by atoms with Crippen LogP contribution in [0.25, 0.3) is 11.1 Å². The van der Waals surface area contributed by atoms with Crippen LogP contribution in [0.3, 0.4) is 0 Å². The second kappa shape index (κ2) is 7.76. The van der Waals surface area contributed by atoms with Crippen molar-refractivity contribution in [3.8, 4) is 16.9 Å². The molecule has 5 rings (SSSR count). The van der Waals surface area contributed by atoms with Gasteiger partial charge in [0.25, 0.3) is 5.91 Å². The van der Waals surface area contributed by atoms with E-state index in [1.54, 1.807) is 24.3 Å². The van der Waals surface area contributed by atoms with Gasteiger partial charge in [-0.15, -0.1) is 0 Å². The van der Waals surface area contributed by atoms with E-state index in [4.69, 9.17) is 9.47 Å². The van der Waals surface area contributed by atoms with Gasteiger partial charge in [-0.1, -0.05) is 30.3 Å². The molecule has 1 amide bonds. The van der Waals surface area contributed by atoms with E-state index in [2.05, 4.69) is 5.32 Å². The van der Waals surface area contributed by atoms with E-state index in [9.17, 15) is 9.59 Å². The highest BCUT2D eigenvalue weighted by molar-refractivity contribution is 6.22. The molecular weight excluding hydrogens is 378 g/mol. The summed E-state index contributed by atoms with van der Waals surface area (Å²) in [6.07, 6.45) is 2.28. The molecule has 150 valence electrons. The summed E-state index contributed by atoms with van der Waals surface area (Å²) in [5.41, 5.74) is 4.17. The highest BCUT2D eigenvalue weighted by atomic mass is 16.5. The Hall–Kier alpha value is -3.44. The van der Waals surface area contributed by atoms with Gasteiger partial charge in [0.2, 0.25) is 0 Å². The first-order valence-corrected chi connectivity index (χ1v) is 10.1. The zero-order valence-corrected chi connectivity index (χ0v) is 16.4. The Balaban J connectivity index is 1.26. The normalized spacial score (nSPS) is 16.8. The Kier molecular flexibility index (Phi) is 4.81. The zero-order chi connectivity index (χ0) is 20.5. The van der Waals surface area contributed by atoms with Crippen LogP contribution in [0.1, 0.15) is 39.1 Å². The Morgan fingerprint density at radius 3 is 2.50 bits per heavy atom. The van der Waals surface area contributed by atoms with Crippen molar-refractivity contribution in [3.63, 3.8) is 0 Å². The summed E-state index contributed by atoms with van der Waals surface area (Å²) in [6.45, 7) is 1.34. The third-order valence-corrected chi connectivity index (χ3v) is 5.56. The topological polar surface area (TPSA) is 64.6 Å². The number of anilines is 1. The third-order valence-electron chi connectivity index (χ3n) is 5.56.